The van der Waals surface area contributed by atoms with E-state index in [2.05, 4.69) is 17.2 Å². The zero-order chi connectivity index (χ0) is 13.9. The highest BCUT2D eigenvalue weighted by atomic mass is 16.2. The van der Waals surface area contributed by atoms with Gasteiger partial charge in [0.1, 0.15) is 0 Å². The van der Waals surface area contributed by atoms with Gasteiger partial charge in [0.25, 0.3) is 0 Å². The van der Waals surface area contributed by atoms with Crippen molar-refractivity contribution in [2.75, 3.05) is 5.32 Å². The first kappa shape index (κ1) is 13.5. The first-order chi connectivity index (χ1) is 9.04. The van der Waals surface area contributed by atoms with Gasteiger partial charge in [0.05, 0.1) is 11.2 Å². The third-order valence-corrected chi connectivity index (χ3v) is 3.37. The van der Waals surface area contributed by atoms with E-state index in [1.807, 2.05) is 44.2 Å². The van der Waals surface area contributed by atoms with Gasteiger partial charge in [-0.05, 0) is 18.6 Å². The lowest BCUT2D eigenvalue weighted by molar-refractivity contribution is -0.124. The number of anilines is 1. The van der Waals surface area contributed by atoms with E-state index in [1.54, 1.807) is 6.20 Å². The molecule has 0 aliphatic heterocycles. The summed E-state index contributed by atoms with van der Waals surface area (Å²) in [6, 6.07) is 9.72. The Labute approximate surface area is 114 Å². The van der Waals surface area contributed by atoms with Crippen molar-refractivity contribution in [3.63, 3.8) is 0 Å². The quantitative estimate of drug-likeness (QED) is 0.898. The molecule has 0 saturated heterocycles. The molecule has 3 heteroatoms. The lowest BCUT2D eigenvalue weighted by atomic mass is 9.87. The number of hydrogen-bond donors (Lipinski definition) is 1. The third kappa shape index (κ3) is 2.92. The number of carbonyl (C=O) groups is 1. The molecule has 1 amide bonds. The van der Waals surface area contributed by atoms with Gasteiger partial charge < -0.3 is 5.32 Å². The van der Waals surface area contributed by atoms with E-state index < -0.39 is 0 Å². The second-order valence-electron chi connectivity index (χ2n) is 5.47. The minimum Gasteiger partial charge on any atom is -0.324 e. The first-order valence-corrected chi connectivity index (χ1v) is 6.70. The van der Waals surface area contributed by atoms with E-state index in [9.17, 15) is 4.79 Å². The second-order valence-corrected chi connectivity index (χ2v) is 5.47. The Morgan fingerprint density at radius 1 is 1.26 bits per heavy atom. The van der Waals surface area contributed by atoms with Crippen LogP contribution in [0.2, 0.25) is 0 Å². The van der Waals surface area contributed by atoms with Gasteiger partial charge >= 0.3 is 0 Å². The number of rotatable bonds is 4. The summed E-state index contributed by atoms with van der Waals surface area (Å²) < 4.78 is 0. The molecule has 0 aliphatic carbocycles. The smallest absolute Gasteiger partial charge is 0.230 e. The molecule has 0 atom stereocenters. The Bertz CT molecular complexity index is 585. The van der Waals surface area contributed by atoms with Crippen LogP contribution in [0, 0.1) is 5.41 Å². The van der Waals surface area contributed by atoms with Gasteiger partial charge in [0.2, 0.25) is 5.91 Å². The van der Waals surface area contributed by atoms with Crippen LogP contribution >= 0.6 is 0 Å². The Kier molecular flexibility index (Phi) is 3.84. The Balaban J connectivity index is 2.29. The maximum Gasteiger partial charge on any atom is 0.230 e. The molecule has 0 bridgehead atoms. The van der Waals surface area contributed by atoms with Crippen LogP contribution in [0.1, 0.15) is 33.6 Å². The average molecular weight is 256 g/mol. The Morgan fingerprint density at radius 2 is 2.00 bits per heavy atom. The zero-order valence-corrected chi connectivity index (χ0v) is 11.7. The van der Waals surface area contributed by atoms with Crippen molar-refractivity contribution >= 4 is 22.5 Å². The van der Waals surface area contributed by atoms with Crippen LogP contribution in [0.5, 0.6) is 0 Å². The number of carbonyl (C=O) groups excluding carboxylic acids is 1. The van der Waals surface area contributed by atoms with Gasteiger partial charge in [-0.25, -0.2) is 0 Å². The van der Waals surface area contributed by atoms with Crippen LogP contribution in [0.3, 0.4) is 0 Å². The van der Waals surface area contributed by atoms with Crippen molar-refractivity contribution in [2.45, 2.75) is 33.6 Å². The van der Waals surface area contributed by atoms with Gasteiger partial charge in [-0.3, -0.25) is 9.78 Å². The molecule has 0 aliphatic rings. The van der Waals surface area contributed by atoms with Crippen molar-refractivity contribution in [1.29, 1.82) is 0 Å². The van der Waals surface area contributed by atoms with Crippen molar-refractivity contribution in [1.82, 2.24) is 4.98 Å². The number of fused-ring (bicyclic) bond motifs is 1. The minimum atomic E-state index is -0.355. The van der Waals surface area contributed by atoms with E-state index >= 15 is 0 Å². The molecular formula is C16H20N2O. The highest BCUT2D eigenvalue weighted by Gasteiger charge is 2.26. The molecule has 2 aromatic rings. The SMILES string of the molecule is CCCC(C)(C)C(=O)Nc1cccc2cccnc12. The number of nitrogens with zero attached hydrogens (tertiary/aromatic N) is 1. The largest absolute Gasteiger partial charge is 0.324 e. The Morgan fingerprint density at radius 3 is 2.74 bits per heavy atom. The summed E-state index contributed by atoms with van der Waals surface area (Å²) >= 11 is 0. The number of para-hydroxylation sites is 1. The molecule has 19 heavy (non-hydrogen) atoms. The molecule has 1 heterocycles. The van der Waals surface area contributed by atoms with E-state index in [-0.39, 0.29) is 11.3 Å². The predicted octanol–water partition coefficient (Wildman–Crippen LogP) is 4.00. The molecule has 1 aromatic heterocycles. The monoisotopic (exact) mass is 256 g/mol. The van der Waals surface area contributed by atoms with Crippen molar-refractivity contribution in [2.24, 2.45) is 5.41 Å². The zero-order valence-electron chi connectivity index (χ0n) is 11.7. The summed E-state index contributed by atoms with van der Waals surface area (Å²) in [6.07, 6.45) is 3.61. The summed E-state index contributed by atoms with van der Waals surface area (Å²) in [7, 11) is 0. The lowest BCUT2D eigenvalue weighted by Gasteiger charge is -2.23. The average Bonchev–Trinajstić information content (AvgIpc) is 2.39. The van der Waals surface area contributed by atoms with E-state index in [1.165, 1.54) is 0 Å². The summed E-state index contributed by atoms with van der Waals surface area (Å²) in [5.74, 6) is 0.0486. The van der Waals surface area contributed by atoms with Gasteiger partial charge in [-0.1, -0.05) is 45.4 Å². The highest BCUT2D eigenvalue weighted by molar-refractivity contribution is 6.02. The number of pyridine rings is 1. The summed E-state index contributed by atoms with van der Waals surface area (Å²) in [6.45, 7) is 6.04. The molecule has 2 rings (SSSR count). The number of benzene rings is 1. The van der Waals surface area contributed by atoms with Crippen molar-refractivity contribution in [3.8, 4) is 0 Å². The van der Waals surface area contributed by atoms with Gasteiger partial charge in [-0.15, -0.1) is 0 Å². The van der Waals surface area contributed by atoms with Crippen LogP contribution in [-0.2, 0) is 4.79 Å². The predicted molar refractivity (Wildman–Crippen MR) is 79.1 cm³/mol. The molecule has 0 unspecified atom stereocenters. The van der Waals surface area contributed by atoms with Crippen LogP contribution in [0.15, 0.2) is 36.5 Å². The van der Waals surface area contributed by atoms with Crippen LogP contribution in [0.4, 0.5) is 5.69 Å². The number of nitrogens with one attached hydrogen (secondary N) is 1. The molecule has 1 N–H and O–H groups in total. The maximum absolute atomic E-state index is 12.3. The molecule has 0 fully saturated rings. The lowest BCUT2D eigenvalue weighted by Crippen LogP contribution is -2.30. The number of hydrogen-bond acceptors (Lipinski definition) is 2. The summed E-state index contributed by atoms with van der Waals surface area (Å²) in [5.41, 5.74) is 1.27. The highest BCUT2D eigenvalue weighted by Crippen LogP contribution is 2.27. The third-order valence-electron chi connectivity index (χ3n) is 3.37. The van der Waals surface area contributed by atoms with Crippen LogP contribution in [-0.4, -0.2) is 10.9 Å². The van der Waals surface area contributed by atoms with E-state index in [4.69, 9.17) is 0 Å². The van der Waals surface area contributed by atoms with Crippen LogP contribution in [0.25, 0.3) is 10.9 Å². The van der Waals surface area contributed by atoms with Crippen molar-refractivity contribution < 1.29 is 4.79 Å². The standard InChI is InChI=1S/C16H20N2O/c1-4-10-16(2,3)15(19)18-13-9-5-7-12-8-6-11-17-14(12)13/h5-9,11H,4,10H2,1-3H3,(H,18,19). The Hall–Kier alpha value is -1.90. The maximum atomic E-state index is 12.3. The fraction of sp³-hybridized carbons (Fsp3) is 0.375. The fourth-order valence-corrected chi connectivity index (χ4v) is 2.24. The molecule has 100 valence electrons. The van der Waals surface area contributed by atoms with Gasteiger partial charge in [0.15, 0.2) is 0 Å². The molecule has 0 radical (unpaired) electrons. The topological polar surface area (TPSA) is 42.0 Å². The first-order valence-electron chi connectivity index (χ1n) is 6.70. The van der Waals surface area contributed by atoms with Gasteiger partial charge in [0, 0.05) is 17.0 Å². The molecule has 3 nitrogen and oxygen atoms in total. The van der Waals surface area contributed by atoms with Gasteiger partial charge in [-0.2, -0.15) is 0 Å². The summed E-state index contributed by atoms with van der Waals surface area (Å²) in [4.78, 5) is 16.7. The molecular weight excluding hydrogens is 236 g/mol. The second kappa shape index (κ2) is 5.39. The van der Waals surface area contributed by atoms with Crippen molar-refractivity contribution in [3.05, 3.63) is 36.5 Å². The molecule has 0 spiro atoms. The molecule has 0 saturated carbocycles. The minimum absolute atomic E-state index is 0.0486. The van der Waals surface area contributed by atoms with E-state index in [0.717, 1.165) is 29.4 Å². The number of amides is 1. The fourth-order valence-electron chi connectivity index (χ4n) is 2.24. The van der Waals surface area contributed by atoms with E-state index in [0.29, 0.717) is 0 Å². The number of aromatic nitrogens is 1. The normalized spacial score (nSPS) is 11.5. The molecule has 1 aromatic carbocycles. The summed E-state index contributed by atoms with van der Waals surface area (Å²) in [5, 5.41) is 4.04. The van der Waals surface area contributed by atoms with Crippen LogP contribution < -0.4 is 5.32 Å².